The quantitative estimate of drug-likeness (QED) is 0.720. The van der Waals surface area contributed by atoms with Crippen LogP contribution >= 0.6 is 11.3 Å². The molecule has 0 N–H and O–H groups in total. The van der Waals surface area contributed by atoms with E-state index in [1.165, 1.54) is 11.3 Å². The molecule has 2 heterocycles. The van der Waals surface area contributed by atoms with Crippen molar-refractivity contribution in [2.75, 3.05) is 13.7 Å². The number of aryl methyl sites for hydroxylation is 1. The Morgan fingerprint density at radius 2 is 1.92 bits per heavy atom. The SMILES string of the molecule is COc1ccc([C@H]2CCCN2C(=O)CCC(=O)c2ccc(C)s2)cc1. The van der Waals surface area contributed by atoms with Crippen LogP contribution in [0.4, 0.5) is 0 Å². The number of ether oxygens (including phenoxy) is 1. The van der Waals surface area contributed by atoms with Crippen LogP contribution in [0.2, 0.25) is 0 Å². The smallest absolute Gasteiger partial charge is 0.223 e. The van der Waals surface area contributed by atoms with Gasteiger partial charge in [0.2, 0.25) is 5.91 Å². The molecule has 25 heavy (non-hydrogen) atoms. The summed E-state index contributed by atoms with van der Waals surface area (Å²) in [4.78, 5) is 28.7. The number of thiophene rings is 1. The van der Waals surface area contributed by atoms with Gasteiger partial charge in [-0.25, -0.2) is 0 Å². The highest BCUT2D eigenvalue weighted by atomic mass is 32.1. The fourth-order valence-electron chi connectivity index (χ4n) is 3.31. The van der Waals surface area contributed by atoms with Gasteiger partial charge in [-0.3, -0.25) is 9.59 Å². The predicted octanol–water partition coefficient (Wildman–Crippen LogP) is 4.39. The zero-order valence-electron chi connectivity index (χ0n) is 14.7. The first-order valence-corrected chi connectivity index (χ1v) is 9.43. The van der Waals surface area contributed by atoms with Crippen LogP contribution in [-0.4, -0.2) is 30.2 Å². The predicted molar refractivity (Wildman–Crippen MR) is 99.3 cm³/mol. The third-order valence-corrected chi connectivity index (χ3v) is 5.70. The molecule has 5 heteroatoms. The summed E-state index contributed by atoms with van der Waals surface area (Å²) in [6.45, 7) is 2.75. The zero-order chi connectivity index (χ0) is 17.8. The number of amides is 1. The van der Waals surface area contributed by atoms with E-state index >= 15 is 0 Å². The zero-order valence-corrected chi connectivity index (χ0v) is 15.5. The van der Waals surface area contributed by atoms with Crippen LogP contribution in [-0.2, 0) is 4.79 Å². The fraction of sp³-hybridized carbons (Fsp3) is 0.400. The summed E-state index contributed by atoms with van der Waals surface area (Å²) in [7, 11) is 1.65. The molecule has 0 unspecified atom stereocenters. The average Bonchev–Trinajstić information content (AvgIpc) is 3.28. The molecular formula is C20H23NO3S. The van der Waals surface area contributed by atoms with Crippen molar-refractivity contribution in [2.24, 2.45) is 0 Å². The van der Waals surface area contributed by atoms with Crippen molar-refractivity contribution in [1.29, 1.82) is 0 Å². The molecule has 1 aromatic heterocycles. The van der Waals surface area contributed by atoms with Gasteiger partial charge in [0.25, 0.3) is 0 Å². The average molecular weight is 357 g/mol. The van der Waals surface area contributed by atoms with Crippen molar-refractivity contribution in [2.45, 2.75) is 38.6 Å². The Morgan fingerprint density at radius 3 is 2.56 bits per heavy atom. The third-order valence-electron chi connectivity index (χ3n) is 4.65. The first kappa shape index (κ1) is 17.7. The lowest BCUT2D eigenvalue weighted by atomic mass is 10.0. The van der Waals surface area contributed by atoms with Gasteiger partial charge in [-0.05, 0) is 49.6 Å². The van der Waals surface area contributed by atoms with Crippen LogP contribution in [0.5, 0.6) is 5.75 Å². The number of hydrogen-bond donors (Lipinski definition) is 0. The Labute approximate surface area is 152 Å². The van der Waals surface area contributed by atoms with Crippen LogP contribution in [0.15, 0.2) is 36.4 Å². The van der Waals surface area contributed by atoms with Gasteiger partial charge in [-0.2, -0.15) is 0 Å². The van der Waals surface area contributed by atoms with E-state index in [1.807, 2.05) is 48.2 Å². The molecule has 0 saturated carbocycles. The van der Waals surface area contributed by atoms with Crippen molar-refractivity contribution >= 4 is 23.0 Å². The number of methoxy groups -OCH3 is 1. The summed E-state index contributed by atoms with van der Waals surface area (Å²) in [6.07, 6.45) is 2.53. The Kier molecular flexibility index (Phi) is 5.53. The lowest BCUT2D eigenvalue weighted by Crippen LogP contribution is -2.30. The van der Waals surface area contributed by atoms with Gasteiger partial charge in [-0.1, -0.05) is 12.1 Å². The topological polar surface area (TPSA) is 46.6 Å². The van der Waals surface area contributed by atoms with E-state index in [9.17, 15) is 9.59 Å². The summed E-state index contributed by atoms with van der Waals surface area (Å²) in [6, 6.07) is 11.8. The molecule has 1 amide bonds. The van der Waals surface area contributed by atoms with Crippen LogP contribution in [0.3, 0.4) is 0 Å². The maximum absolute atomic E-state index is 12.6. The third kappa shape index (κ3) is 4.10. The first-order chi connectivity index (χ1) is 12.1. The molecule has 1 fully saturated rings. The minimum Gasteiger partial charge on any atom is -0.497 e. The second kappa shape index (κ2) is 7.83. The van der Waals surface area contributed by atoms with Gasteiger partial charge in [0.1, 0.15) is 5.75 Å². The number of carbonyl (C=O) groups excluding carboxylic acids is 2. The van der Waals surface area contributed by atoms with Crippen molar-refractivity contribution in [3.05, 3.63) is 51.7 Å². The van der Waals surface area contributed by atoms with Gasteiger partial charge in [0.15, 0.2) is 5.78 Å². The molecule has 2 aromatic rings. The number of Topliss-reactive ketones (excluding diaryl/α,β-unsaturated/α-hetero) is 1. The minimum atomic E-state index is 0.0617. The lowest BCUT2D eigenvalue weighted by Gasteiger charge is -2.25. The number of hydrogen-bond acceptors (Lipinski definition) is 4. The van der Waals surface area contributed by atoms with Crippen LogP contribution in [0.1, 0.15) is 51.8 Å². The van der Waals surface area contributed by atoms with E-state index in [2.05, 4.69) is 0 Å². The normalized spacial score (nSPS) is 16.9. The fourth-order valence-corrected chi connectivity index (χ4v) is 4.14. The van der Waals surface area contributed by atoms with E-state index in [4.69, 9.17) is 4.74 Å². The second-order valence-corrected chi connectivity index (χ2v) is 7.64. The number of likely N-dealkylation sites (tertiary alicyclic amines) is 1. The van der Waals surface area contributed by atoms with Crippen molar-refractivity contribution < 1.29 is 14.3 Å². The number of nitrogens with zero attached hydrogens (tertiary/aromatic N) is 1. The maximum Gasteiger partial charge on any atom is 0.223 e. The molecule has 1 aromatic carbocycles. The highest BCUT2D eigenvalue weighted by Crippen LogP contribution is 2.33. The molecule has 4 nitrogen and oxygen atoms in total. The van der Waals surface area contributed by atoms with Crippen molar-refractivity contribution in [3.8, 4) is 5.75 Å². The Hall–Kier alpha value is -2.14. The first-order valence-electron chi connectivity index (χ1n) is 8.61. The van der Waals surface area contributed by atoms with E-state index in [-0.39, 0.29) is 30.6 Å². The number of benzene rings is 1. The van der Waals surface area contributed by atoms with Gasteiger partial charge >= 0.3 is 0 Å². The molecular weight excluding hydrogens is 334 g/mol. The molecule has 0 radical (unpaired) electrons. The Balaban J connectivity index is 1.61. The summed E-state index contributed by atoms with van der Waals surface area (Å²) < 4.78 is 5.20. The van der Waals surface area contributed by atoms with E-state index in [0.29, 0.717) is 0 Å². The molecule has 1 atom stereocenters. The van der Waals surface area contributed by atoms with E-state index < -0.39 is 0 Å². The molecule has 0 bridgehead atoms. The number of rotatable bonds is 6. The molecule has 1 saturated heterocycles. The van der Waals surface area contributed by atoms with Crippen molar-refractivity contribution in [1.82, 2.24) is 4.90 Å². The highest BCUT2D eigenvalue weighted by molar-refractivity contribution is 7.14. The van der Waals surface area contributed by atoms with Crippen LogP contribution < -0.4 is 4.74 Å². The molecule has 1 aliphatic heterocycles. The maximum atomic E-state index is 12.6. The molecule has 1 aliphatic rings. The van der Waals surface area contributed by atoms with Gasteiger partial charge in [0, 0.05) is 24.3 Å². The molecule has 132 valence electrons. The summed E-state index contributed by atoms with van der Waals surface area (Å²) >= 11 is 1.49. The van der Waals surface area contributed by atoms with Crippen LogP contribution in [0, 0.1) is 6.92 Å². The van der Waals surface area contributed by atoms with Gasteiger partial charge in [-0.15, -0.1) is 11.3 Å². The molecule has 3 rings (SSSR count). The molecule has 0 spiro atoms. The largest absolute Gasteiger partial charge is 0.497 e. The summed E-state index contributed by atoms with van der Waals surface area (Å²) in [5.41, 5.74) is 1.13. The van der Waals surface area contributed by atoms with Crippen LogP contribution in [0.25, 0.3) is 0 Å². The van der Waals surface area contributed by atoms with E-state index in [0.717, 1.165) is 40.5 Å². The summed E-state index contributed by atoms with van der Waals surface area (Å²) in [5.74, 6) is 0.947. The standard InChI is InChI=1S/C20H23NO3S/c1-14-5-11-19(25-14)18(22)10-12-20(23)21-13-3-4-17(21)15-6-8-16(24-2)9-7-15/h5-9,11,17H,3-4,10,12-13H2,1-2H3/t17-/m1/s1. The van der Waals surface area contributed by atoms with E-state index in [1.54, 1.807) is 7.11 Å². The summed E-state index contributed by atoms with van der Waals surface area (Å²) in [5, 5.41) is 0. The minimum absolute atomic E-state index is 0.0617. The van der Waals surface area contributed by atoms with Gasteiger partial charge in [0.05, 0.1) is 18.0 Å². The van der Waals surface area contributed by atoms with Crippen molar-refractivity contribution in [3.63, 3.8) is 0 Å². The number of carbonyl (C=O) groups is 2. The molecule has 0 aliphatic carbocycles. The Bertz CT molecular complexity index is 751. The second-order valence-electron chi connectivity index (χ2n) is 6.35. The lowest BCUT2D eigenvalue weighted by molar-refractivity contribution is -0.132. The number of ketones is 1. The highest BCUT2D eigenvalue weighted by Gasteiger charge is 2.30. The monoisotopic (exact) mass is 357 g/mol. The van der Waals surface area contributed by atoms with Gasteiger partial charge < -0.3 is 9.64 Å². The Morgan fingerprint density at radius 1 is 1.16 bits per heavy atom.